The Morgan fingerprint density at radius 1 is 1.67 bits per heavy atom. The van der Waals surface area contributed by atoms with Gasteiger partial charge in [0, 0.05) is 17.6 Å². The Hall–Kier alpha value is -1.04. The molecule has 3 nitrogen and oxygen atoms in total. The van der Waals surface area contributed by atoms with Crippen molar-refractivity contribution in [1.82, 2.24) is 10.3 Å². The standard InChI is InChI=1S/C9H9BrF2N2O/c1-9(11,12)5-14-8(15)7-6(10)3-2-4-13-7/h2-4H,5H2,1H3,(H,14,15). The second kappa shape index (κ2) is 4.65. The van der Waals surface area contributed by atoms with Crippen molar-refractivity contribution in [2.24, 2.45) is 0 Å². The van der Waals surface area contributed by atoms with E-state index in [9.17, 15) is 13.6 Å². The van der Waals surface area contributed by atoms with E-state index in [0.717, 1.165) is 6.92 Å². The van der Waals surface area contributed by atoms with Crippen LogP contribution in [0.25, 0.3) is 0 Å². The molecule has 0 aliphatic heterocycles. The third kappa shape index (κ3) is 3.91. The molecule has 1 N–H and O–H groups in total. The zero-order valence-corrected chi connectivity index (χ0v) is 9.51. The van der Waals surface area contributed by atoms with Crippen molar-refractivity contribution in [1.29, 1.82) is 0 Å². The van der Waals surface area contributed by atoms with Crippen LogP contribution in [-0.2, 0) is 0 Å². The van der Waals surface area contributed by atoms with Crippen LogP contribution in [0.2, 0.25) is 0 Å². The smallest absolute Gasteiger partial charge is 0.271 e. The molecular formula is C9H9BrF2N2O. The molecule has 0 atom stereocenters. The van der Waals surface area contributed by atoms with Crippen molar-refractivity contribution in [3.8, 4) is 0 Å². The second-order valence-electron chi connectivity index (χ2n) is 3.09. The average Bonchev–Trinajstić information content (AvgIpc) is 2.14. The monoisotopic (exact) mass is 278 g/mol. The Morgan fingerprint density at radius 2 is 2.33 bits per heavy atom. The molecule has 0 saturated carbocycles. The molecule has 0 saturated heterocycles. The molecule has 15 heavy (non-hydrogen) atoms. The molecule has 0 bridgehead atoms. The lowest BCUT2D eigenvalue weighted by Crippen LogP contribution is -2.35. The zero-order valence-electron chi connectivity index (χ0n) is 7.93. The van der Waals surface area contributed by atoms with Gasteiger partial charge in [-0.1, -0.05) is 0 Å². The first-order valence-electron chi connectivity index (χ1n) is 4.17. The summed E-state index contributed by atoms with van der Waals surface area (Å²) in [6.45, 7) is 0.0373. The minimum Gasteiger partial charge on any atom is -0.345 e. The fourth-order valence-corrected chi connectivity index (χ4v) is 1.31. The normalized spacial score (nSPS) is 11.2. The van der Waals surface area contributed by atoms with Crippen LogP contribution < -0.4 is 5.32 Å². The van der Waals surface area contributed by atoms with E-state index in [4.69, 9.17) is 0 Å². The number of alkyl halides is 2. The fourth-order valence-electron chi connectivity index (χ4n) is 0.872. The highest BCUT2D eigenvalue weighted by Crippen LogP contribution is 2.14. The lowest BCUT2D eigenvalue weighted by Gasteiger charge is -2.11. The van der Waals surface area contributed by atoms with Gasteiger partial charge in [0.1, 0.15) is 5.69 Å². The SMILES string of the molecule is CC(F)(F)CNC(=O)c1ncccc1Br. The molecule has 1 rings (SSSR count). The van der Waals surface area contributed by atoms with Gasteiger partial charge in [-0.05, 0) is 28.1 Å². The maximum absolute atomic E-state index is 12.5. The summed E-state index contributed by atoms with van der Waals surface area (Å²) >= 11 is 3.11. The molecule has 1 heterocycles. The zero-order chi connectivity index (χ0) is 11.5. The van der Waals surface area contributed by atoms with E-state index in [1.807, 2.05) is 0 Å². The Kier molecular flexibility index (Phi) is 3.73. The average molecular weight is 279 g/mol. The van der Waals surface area contributed by atoms with Gasteiger partial charge in [-0.3, -0.25) is 4.79 Å². The van der Waals surface area contributed by atoms with Gasteiger partial charge in [0.05, 0.1) is 6.54 Å². The van der Waals surface area contributed by atoms with E-state index in [-0.39, 0.29) is 5.69 Å². The number of pyridine rings is 1. The van der Waals surface area contributed by atoms with E-state index in [1.165, 1.54) is 6.20 Å². The molecule has 0 aliphatic carbocycles. The Labute approximate surface area is 94.0 Å². The molecule has 0 aromatic carbocycles. The highest BCUT2D eigenvalue weighted by Gasteiger charge is 2.22. The van der Waals surface area contributed by atoms with Crippen molar-refractivity contribution in [3.63, 3.8) is 0 Å². The van der Waals surface area contributed by atoms with Gasteiger partial charge in [-0.2, -0.15) is 0 Å². The van der Waals surface area contributed by atoms with Gasteiger partial charge in [0.25, 0.3) is 11.8 Å². The Morgan fingerprint density at radius 3 is 2.87 bits per heavy atom. The first-order chi connectivity index (χ1) is 6.90. The van der Waals surface area contributed by atoms with Crippen molar-refractivity contribution in [2.75, 3.05) is 6.54 Å². The number of halogens is 3. The number of amides is 1. The van der Waals surface area contributed by atoms with Crippen LogP contribution in [0.4, 0.5) is 8.78 Å². The number of hydrogen-bond acceptors (Lipinski definition) is 2. The quantitative estimate of drug-likeness (QED) is 0.921. The van der Waals surface area contributed by atoms with Crippen LogP contribution in [0.1, 0.15) is 17.4 Å². The summed E-state index contributed by atoms with van der Waals surface area (Å²) in [6.07, 6.45) is 1.42. The maximum Gasteiger partial charge on any atom is 0.271 e. The van der Waals surface area contributed by atoms with E-state index < -0.39 is 18.4 Å². The summed E-state index contributed by atoms with van der Waals surface area (Å²) in [5.41, 5.74) is 0.0988. The largest absolute Gasteiger partial charge is 0.345 e. The summed E-state index contributed by atoms with van der Waals surface area (Å²) in [4.78, 5) is 15.2. The van der Waals surface area contributed by atoms with Crippen molar-refractivity contribution < 1.29 is 13.6 Å². The van der Waals surface area contributed by atoms with Gasteiger partial charge in [-0.15, -0.1) is 0 Å². The highest BCUT2D eigenvalue weighted by molar-refractivity contribution is 9.10. The van der Waals surface area contributed by atoms with Crippen LogP contribution in [-0.4, -0.2) is 23.4 Å². The number of nitrogens with one attached hydrogen (secondary N) is 1. The van der Waals surface area contributed by atoms with Crippen LogP contribution in [0.3, 0.4) is 0 Å². The molecule has 0 fully saturated rings. The molecule has 1 amide bonds. The molecule has 1 aromatic rings. The van der Waals surface area contributed by atoms with E-state index in [2.05, 4.69) is 26.2 Å². The molecule has 0 aliphatic rings. The molecule has 82 valence electrons. The van der Waals surface area contributed by atoms with Crippen molar-refractivity contribution in [2.45, 2.75) is 12.8 Å². The van der Waals surface area contributed by atoms with Gasteiger partial charge >= 0.3 is 0 Å². The third-order valence-corrected chi connectivity index (χ3v) is 2.17. The van der Waals surface area contributed by atoms with Crippen molar-refractivity contribution >= 4 is 21.8 Å². The maximum atomic E-state index is 12.5. The predicted molar refractivity (Wildman–Crippen MR) is 54.9 cm³/mol. The Balaban J connectivity index is 2.66. The number of carbonyl (C=O) groups excluding carboxylic acids is 1. The summed E-state index contributed by atoms with van der Waals surface area (Å²) < 4.78 is 25.4. The predicted octanol–water partition coefficient (Wildman–Crippen LogP) is 2.23. The summed E-state index contributed by atoms with van der Waals surface area (Å²) in [5.74, 6) is -3.54. The van der Waals surface area contributed by atoms with Crippen LogP contribution in [0, 0.1) is 0 Å². The summed E-state index contributed by atoms with van der Waals surface area (Å²) in [7, 11) is 0. The van der Waals surface area contributed by atoms with Crippen LogP contribution >= 0.6 is 15.9 Å². The van der Waals surface area contributed by atoms with Gasteiger partial charge in [0.2, 0.25) is 0 Å². The molecule has 0 unspecified atom stereocenters. The topological polar surface area (TPSA) is 42.0 Å². The minimum atomic E-state index is -2.92. The molecular weight excluding hydrogens is 270 g/mol. The van der Waals surface area contributed by atoms with Crippen molar-refractivity contribution in [3.05, 3.63) is 28.5 Å². The number of aromatic nitrogens is 1. The first kappa shape index (κ1) is 12.0. The molecule has 1 aromatic heterocycles. The lowest BCUT2D eigenvalue weighted by molar-refractivity contribution is 0.0220. The third-order valence-electron chi connectivity index (χ3n) is 1.53. The van der Waals surface area contributed by atoms with Gasteiger partial charge in [0.15, 0.2) is 0 Å². The first-order valence-corrected chi connectivity index (χ1v) is 4.96. The van der Waals surface area contributed by atoms with E-state index >= 15 is 0 Å². The fraction of sp³-hybridized carbons (Fsp3) is 0.333. The number of hydrogen-bond donors (Lipinski definition) is 1. The van der Waals surface area contributed by atoms with Gasteiger partial charge < -0.3 is 5.32 Å². The number of carbonyl (C=O) groups is 1. The molecule has 6 heteroatoms. The summed E-state index contributed by atoms with van der Waals surface area (Å²) in [5, 5.41) is 2.10. The summed E-state index contributed by atoms with van der Waals surface area (Å²) in [6, 6.07) is 3.25. The number of nitrogens with zero attached hydrogens (tertiary/aromatic N) is 1. The lowest BCUT2D eigenvalue weighted by atomic mass is 10.3. The van der Waals surface area contributed by atoms with Crippen LogP contribution in [0.5, 0.6) is 0 Å². The van der Waals surface area contributed by atoms with Gasteiger partial charge in [-0.25, -0.2) is 13.8 Å². The van der Waals surface area contributed by atoms with E-state index in [1.54, 1.807) is 12.1 Å². The van der Waals surface area contributed by atoms with Crippen LogP contribution in [0.15, 0.2) is 22.8 Å². The minimum absolute atomic E-state index is 0.0988. The van der Waals surface area contributed by atoms with E-state index in [0.29, 0.717) is 4.47 Å². The number of rotatable bonds is 3. The second-order valence-corrected chi connectivity index (χ2v) is 3.94. The molecule has 0 radical (unpaired) electrons. The molecule has 0 spiro atoms. The highest BCUT2D eigenvalue weighted by atomic mass is 79.9. The Bertz CT molecular complexity index is 365.